The molecule has 0 radical (unpaired) electrons. The second kappa shape index (κ2) is 3.40. The zero-order chi connectivity index (χ0) is 13.0. The molecule has 4 heteroatoms. The SMILES string of the molecule is NC1(N)c2ccccc2C(N)(N)c2ccccc21. The Morgan fingerprint density at radius 1 is 0.500 bits per heavy atom. The molecule has 1 aliphatic rings. The standard InChI is InChI=1S/C14H16N4/c15-13(16)9-5-1-2-6-10(9)14(17,18)12-8-4-3-7-11(12)13/h1-8H,15-18H2. The molecule has 2 aromatic rings. The van der Waals surface area contributed by atoms with Gasteiger partial charge in [-0.2, -0.15) is 0 Å². The van der Waals surface area contributed by atoms with Crippen LogP contribution in [0.4, 0.5) is 0 Å². The molecule has 0 aliphatic heterocycles. The number of fused-ring (bicyclic) bond motifs is 2. The van der Waals surface area contributed by atoms with Crippen molar-refractivity contribution in [1.29, 1.82) is 0 Å². The van der Waals surface area contributed by atoms with Gasteiger partial charge in [0.25, 0.3) is 0 Å². The fraction of sp³-hybridized carbons (Fsp3) is 0.143. The second-order valence-corrected chi connectivity index (χ2v) is 4.83. The monoisotopic (exact) mass is 240 g/mol. The van der Waals surface area contributed by atoms with Crippen LogP contribution in [-0.2, 0) is 11.3 Å². The molecule has 0 spiro atoms. The molecule has 3 rings (SSSR count). The summed E-state index contributed by atoms with van der Waals surface area (Å²) in [5.41, 5.74) is 26.1. The highest BCUT2D eigenvalue weighted by atomic mass is 15.0. The van der Waals surface area contributed by atoms with Crippen molar-refractivity contribution in [3.8, 4) is 0 Å². The molecule has 0 saturated carbocycles. The summed E-state index contributed by atoms with van der Waals surface area (Å²) < 4.78 is 0. The number of hydrogen-bond acceptors (Lipinski definition) is 4. The Morgan fingerprint density at radius 2 is 0.722 bits per heavy atom. The number of benzene rings is 2. The molecule has 0 aromatic heterocycles. The van der Waals surface area contributed by atoms with E-state index in [0.29, 0.717) is 0 Å². The van der Waals surface area contributed by atoms with Crippen LogP contribution >= 0.6 is 0 Å². The molecule has 8 N–H and O–H groups in total. The van der Waals surface area contributed by atoms with Crippen LogP contribution in [0.5, 0.6) is 0 Å². The van der Waals surface area contributed by atoms with Crippen LogP contribution in [0.3, 0.4) is 0 Å². The molecule has 0 unspecified atom stereocenters. The lowest BCUT2D eigenvalue weighted by atomic mass is 9.73. The molecule has 1 aliphatic carbocycles. The quantitative estimate of drug-likeness (QED) is 0.495. The Balaban J connectivity index is 2.41. The third-order valence-corrected chi connectivity index (χ3v) is 3.64. The molecular weight excluding hydrogens is 224 g/mol. The Kier molecular flexibility index (Phi) is 2.15. The van der Waals surface area contributed by atoms with Gasteiger partial charge in [0, 0.05) is 0 Å². The van der Waals surface area contributed by atoms with E-state index in [2.05, 4.69) is 0 Å². The summed E-state index contributed by atoms with van der Waals surface area (Å²) in [4.78, 5) is 0. The third-order valence-electron chi connectivity index (χ3n) is 3.64. The van der Waals surface area contributed by atoms with E-state index in [9.17, 15) is 0 Å². The van der Waals surface area contributed by atoms with Crippen LogP contribution in [0.2, 0.25) is 0 Å². The molecule has 0 fully saturated rings. The molecule has 18 heavy (non-hydrogen) atoms. The van der Waals surface area contributed by atoms with Gasteiger partial charge in [-0.25, -0.2) is 0 Å². The van der Waals surface area contributed by atoms with Gasteiger partial charge in [0.05, 0.1) is 0 Å². The minimum absolute atomic E-state index is 0.772. The first-order valence-corrected chi connectivity index (χ1v) is 5.81. The fourth-order valence-corrected chi connectivity index (χ4v) is 2.70. The fourth-order valence-electron chi connectivity index (χ4n) is 2.70. The van der Waals surface area contributed by atoms with Gasteiger partial charge in [0.15, 0.2) is 0 Å². The van der Waals surface area contributed by atoms with E-state index < -0.39 is 11.3 Å². The highest BCUT2D eigenvalue weighted by molar-refractivity contribution is 5.57. The van der Waals surface area contributed by atoms with E-state index in [0.717, 1.165) is 22.3 Å². The normalized spacial score (nSPS) is 18.9. The summed E-state index contributed by atoms with van der Waals surface area (Å²) in [5, 5.41) is 0. The Morgan fingerprint density at radius 3 is 0.944 bits per heavy atom. The van der Waals surface area contributed by atoms with Gasteiger partial charge in [-0.3, -0.25) is 0 Å². The van der Waals surface area contributed by atoms with E-state index in [-0.39, 0.29) is 0 Å². The lowest BCUT2D eigenvalue weighted by Crippen LogP contribution is -2.59. The maximum atomic E-state index is 6.29. The van der Waals surface area contributed by atoms with Crippen molar-refractivity contribution in [3.05, 3.63) is 70.8 Å². The molecule has 92 valence electrons. The Labute approximate surface area is 106 Å². The molecule has 0 bridgehead atoms. The lowest BCUT2D eigenvalue weighted by molar-refractivity contribution is 0.458. The summed E-state index contributed by atoms with van der Waals surface area (Å²) in [7, 11) is 0. The van der Waals surface area contributed by atoms with E-state index in [1.807, 2.05) is 48.5 Å². The van der Waals surface area contributed by atoms with Crippen LogP contribution < -0.4 is 22.9 Å². The first kappa shape index (κ1) is 11.4. The minimum atomic E-state index is -1.06. The van der Waals surface area contributed by atoms with Gasteiger partial charge in [0.1, 0.15) is 11.3 Å². The maximum Gasteiger partial charge on any atom is 0.117 e. The van der Waals surface area contributed by atoms with Crippen LogP contribution in [0.1, 0.15) is 22.3 Å². The predicted molar refractivity (Wildman–Crippen MR) is 71.2 cm³/mol. The smallest absolute Gasteiger partial charge is 0.117 e. The highest BCUT2D eigenvalue weighted by Crippen LogP contribution is 2.40. The zero-order valence-electron chi connectivity index (χ0n) is 9.93. The van der Waals surface area contributed by atoms with E-state index in [1.165, 1.54) is 0 Å². The van der Waals surface area contributed by atoms with Crippen LogP contribution in [0.25, 0.3) is 0 Å². The predicted octanol–water partition coefficient (Wildman–Crippen LogP) is 0.237. The van der Waals surface area contributed by atoms with Crippen LogP contribution in [0, 0.1) is 0 Å². The van der Waals surface area contributed by atoms with Gasteiger partial charge in [0.2, 0.25) is 0 Å². The van der Waals surface area contributed by atoms with E-state index in [1.54, 1.807) is 0 Å². The maximum absolute atomic E-state index is 6.29. The largest absolute Gasteiger partial charge is 0.306 e. The first-order chi connectivity index (χ1) is 8.45. The lowest BCUT2D eigenvalue weighted by Gasteiger charge is -2.42. The van der Waals surface area contributed by atoms with Gasteiger partial charge in [-0.15, -0.1) is 0 Å². The van der Waals surface area contributed by atoms with Crippen molar-refractivity contribution in [2.45, 2.75) is 11.3 Å². The van der Waals surface area contributed by atoms with Crippen molar-refractivity contribution in [3.63, 3.8) is 0 Å². The highest BCUT2D eigenvalue weighted by Gasteiger charge is 2.42. The molecule has 0 saturated heterocycles. The number of hydrogen-bond donors (Lipinski definition) is 4. The van der Waals surface area contributed by atoms with Crippen LogP contribution in [0.15, 0.2) is 48.5 Å². The summed E-state index contributed by atoms with van der Waals surface area (Å²) >= 11 is 0. The van der Waals surface area contributed by atoms with Gasteiger partial charge >= 0.3 is 0 Å². The van der Waals surface area contributed by atoms with Crippen molar-refractivity contribution in [1.82, 2.24) is 0 Å². The molecule has 0 atom stereocenters. The second-order valence-electron chi connectivity index (χ2n) is 4.83. The summed E-state index contributed by atoms with van der Waals surface area (Å²) in [6.45, 7) is 0. The molecule has 0 heterocycles. The molecule has 2 aromatic carbocycles. The summed E-state index contributed by atoms with van der Waals surface area (Å²) in [5.74, 6) is 0. The van der Waals surface area contributed by atoms with Crippen molar-refractivity contribution in [2.75, 3.05) is 0 Å². The minimum Gasteiger partial charge on any atom is -0.306 e. The van der Waals surface area contributed by atoms with Crippen LogP contribution in [-0.4, -0.2) is 0 Å². The Bertz CT molecular complexity index is 511. The number of rotatable bonds is 0. The van der Waals surface area contributed by atoms with Crippen molar-refractivity contribution >= 4 is 0 Å². The van der Waals surface area contributed by atoms with E-state index >= 15 is 0 Å². The van der Waals surface area contributed by atoms with Crippen molar-refractivity contribution in [2.24, 2.45) is 22.9 Å². The number of nitrogens with two attached hydrogens (primary N) is 4. The molecule has 0 amide bonds. The van der Waals surface area contributed by atoms with Gasteiger partial charge < -0.3 is 22.9 Å². The zero-order valence-corrected chi connectivity index (χ0v) is 9.93. The van der Waals surface area contributed by atoms with Gasteiger partial charge in [-0.1, -0.05) is 48.5 Å². The summed E-state index contributed by atoms with van der Waals surface area (Å²) in [6.07, 6.45) is 0. The van der Waals surface area contributed by atoms with Crippen molar-refractivity contribution < 1.29 is 0 Å². The summed E-state index contributed by atoms with van der Waals surface area (Å²) in [6, 6.07) is 15.0. The Hall–Kier alpha value is -1.72. The molecular formula is C14H16N4. The average Bonchev–Trinajstić information content (AvgIpc) is 2.37. The van der Waals surface area contributed by atoms with Gasteiger partial charge in [-0.05, 0) is 22.3 Å². The average molecular weight is 240 g/mol. The molecule has 4 nitrogen and oxygen atoms in total. The third kappa shape index (κ3) is 1.28. The first-order valence-electron chi connectivity index (χ1n) is 5.81. The van der Waals surface area contributed by atoms with E-state index in [4.69, 9.17) is 22.9 Å². The topological polar surface area (TPSA) is 104 Å².